The molecule has 6 aromatic rings. The molecule has 6 heteroatoms. The summed E-state index contributed by atoms with van der Waals surface area (Å²) in [6, 6.07) is 41.5. The molecule has 43 heavy (non-hydrogen) atoms. The predicted molar refractivity (Wildman–Crippen MR) is 182 cm³/mol. The molecular formula is C37H29Br2NO3. The van der Waals surface area contributed by atoms with Crippen LogP contribution < -0.4 is 10.1 Å². The van der Waals surface area contributed by atoms with Gasteiger partial charge in [-0.15, -0.1) is 0 Å². The fraction of sp³-hybridized carbons (Fsp3) is 0.108. The summed E-state index contributed by atoms with van der Waals surface area (Å²) in [7, 11) is 1.64. The lowest BCUT2D eigenvalue weighted by Gasteiger charge is -2.29. The number of rotatable bonds is 10. The molecule has 4 nitrogen and oxygen atoms in total. The third-order valence-corrected chi connectivity index (χ3v) is 8.62. The van der Waals surface area contributed by atoms with Crippen LogP contribution in [0.2, 0.25) is 0 Å². The van der Waals surface area contributed by atoms with Gasteiger partial charge in [0.1, 0.15) is 11.9 Å². The van der Waals surface area contributed by atoms with Gasteiger partial charge in [-0.05, 0) is 87.3 Å². The minimum absolute atomic E-state index is 0.111. The van der Waals surface area contributed by atoms with Crippen molar-refractivity contribution in [1.29, 1.82) is 0 Å². The Kier molecular flexibility index (Phi) is 8.89. The summed E-state index contributed by atoms with van der Waals surface area (Å²) in [5.74, 6) is 0.645. The van der Waals surface area contributed by atoms with E-state index in [1.165, 1.54) is 0 Å². The lowest BCUT2D eigenvalue weighted by Crippen LogP contribution is -2.35. The van der Waals surface area contributed by atoms with E-state index in [4.69, 9.17) is 9.47 Å². The SMILES string of the molecule is COc1ccc(N[C@H](c2ccc(Br)cc2)[C@H](OCc2c3ccccc3cc3ccccc23)C(=O)c2cccc(Br)c2)cc1. The molecule has 0 saturated carbocycles. The van der Waals surface area contributed by atoms with Crippen molar-refractivity contribution in [2.45, 2.75) is 18.8 Å². The van der Waals surface area contributed by atoms with Crippen molar-refractivity contribution in [3.05, 3.63) is 153 Å². The van der Waals surface area contributed by atoms with E-state index in [1.807, 2.05) is 97.1 Å². The number of nitrogens with one attached hydrogen (secondary N) is 1. The van der Waals surface area contributed by atoms with E-state index in [-0.39, 0.29) is 12.4 Å². The van der Waals surface area contributed by atoms with E-state index in [1.54, 1.807) is 7.11 Å². The Labute approximate surface area is 267 Å². The summed E-state index contributed by atoms with van der Waals surface area (Å²) in [6.45, 7) is 0.254. The molecule has 0 bridgehead atoms. The fourth-order valence-corrected chi connectivity index (χ4v) is 6.10. The molecule has 214 valence electrons. The smallest absolute Gasteiger partial charge is 0.194 e. The Bertz CT molecular complexity index is 1830. The van der Waals surface area contributed by atoms with E-state index in [0.717, 1.165) is 53.1 Å². The average Bonchev–Trinajstić information content (AvgIpc) is 3.04. The first-order chi connectivity index (χ1) is 21.0. The van der Waals surface area contributed by atoms with E-state index >= 15 is 0 Å². The highest BCUT2D eigenvalue weighted by atomic mass is 79.9. The van der Waals surface area contributed by atoms with E-state index < -0.39 is 12.1 Å². The van der Waals surface area contributed by atoms with Crippen LogP contribution in [-0.2, 0) is 11.3 Å². The molecule has 0 heterocycles. The van der Waals surface area contributed by atoms with E-state index in [0.29, 0.717) is 5.56 Å². The Morgan fingerprint density at radius 1 is 0.721 bits per heavy atom. The van der Waals surface area contributed by atoms with Crippen LogP contribution in [-0.4, -0.2) is 19.0 Å². The maximum atomic E-state index is 14.4. The first kappa shape index (κ1) is 29.1. The number of carbonyl (C=O) groups is 1. The van der Waals surface area contributed by atoms with Gasteiger partial charge in [0.25, 0.3) is 0 Å². The van der Waals surface area contributed by atoms with E-state index in [9.17, 15) is 4.79 Å². The zero-order valence-corrected chi connectivity index (χ0v) is 26.6. The molecule has 0 unspecified atom stereocenters. The van der Waals surface area contributed by atoms with Gasteiger partial charge in [-0.1, -0.05) is 105 Å². The number of ketones is 1. The van der Waals surface area contributed by atoms with Crippen LogP contribution in [0.25, 0.3) is 21.5 Å². The summed E-state index contributed by atoms with van der Waals surface area (Å²) < 4.78 is 14.0. The molecular weight excluding hydrogens is 666 g/mol. The first-order valence-corrected chi connectivity index (χ1v) is 15.6. The summed E-state index contributed by atoms with van der Waals surface area (Å²) in [5, 5.41) is 8.10. The molecule has 0 radical (unpaired) electrons. The molecule has 6 rings (SSSR count). The zero-order valence-electron chi connectivity index (χ0n) is 23.5. The monoisotopic (exact) mass is 693 g/mol. The number of fused-ring (bicyclic) bond motifs is 2. The molecule has 0 spiro atoms. The van der Waals surface area contributed by atoms with Gasteiger partial charge in [-0.3, -0.25) is 4.79 Å². The highest BCUT2D eigenvalue weighted by Crippen LogP contribution is 2.33. The summed E-state index contributed by atoms with van der Waals surface area (Å²) in [5.41, 5.74) is 3.40. The van der Waals surface area contributed by atoms with Gasteiger partial charge in [0, 0.05) is 20.2 Å². The van der Waals surface area contributed by atoms with Crippen molar-refractivity contribution < 1.29 is 14.3 Å². The summed E-state index contributed by atoms with van der Waals surface area (Å²) in [4.78, 5) is 14.4. The first-order valence-electron chi connectivity index (χ1n) is 14.0. The van der Waals surface area contributed by atoms with Gasteiger partial charge in [0.05, 0.1) is 19.8 Å². The number of Topliss-reactive ketones (excluding diaryl/α,β-unsaturated/α-hetero) is 1. The minimum atomic E-state index is -0.852. The number of benzene rings is 6. The van der Waals surface area contributed by atoms with Gasteiger partial charge in [0.2, 0.25) is 0 Å². The molecule has 1 N–H and O–H groups in total. The summed E-state index contributed by atoms with van der Waals surface area (Å²) in [6.07, 6.45) is -0.852. The number of anilines is 1. The maximum absolute atomic E-state index is 14.4. The van der Waals surface area contributed by atoms with Gasteiger partial charge in [-0.25, -0.2) is 0 Å². The van der Waals surface area contributed by atoms with Crippen LogP contribution in [0, 0.1) is 0 Å². The zero-order chi connectivity index (χ0) is 29.8. The van der Waals surface area contributed by atoms with Crippen LogP contribution in [0.5, 0.6) is 5.75 Å². The maximum Gasteiger partial charge on any atom is 0.194 e. The largest absolute Gasteiger partial charge is 0.497 e. The summed E-state index contributed by atoms with van der Waals surface area (Å²) >= 11 is 7.10. The molecule has 2 atom stereocenters. The molecule has 0 fully saturated rings. The quantitative estimate of drug-likeness (QED) is 0.115. The topological polar surface area (TPSA) is 47.6 Å². The highest BCUT2D eigenvalue weighted by Gasteiger charge is 2.32. The lowest BCUT2D eigenvalue weighted by atomic mass is 9.93. The van der Waals surface area contributed by atoms with Crippen LogP contribution in [0.4, 0.5) is 5.69 Å². The van der Waals surface area contributed by atoms with Crippen LogP contribution in [0.1, 0.15) is 27.5 Å². The third kappa shape index (κ3) is 6.52. The van der Waals surface area contributed by atoms with Crippen molar-refractivity contribution >= 4 is 64.9 Å². The van der Waals surface area contributed by atoms with Crippen LogP contribution >= 0.6 is 31.9 Å². The van der Waals surface area contributed by atoms with Crippen molar-refractivity contribution in [3.8, 4) is 5.75 Å². The number of methoxy groups -OCH3 is 1. The Hall–Kier alpha value is -3.97. The molecule has 0 amide bonds. The van der Waals surface area contributed by atoms with Crippen molar-refractivity contribution in [1.82, 2.24) is 0 Å². The molecule has 0 aliphatic heterocycles. The second-order valence-corrected chi connectivity index (χ2v) is 12.1. The standard InChI is InChI=1S/C37H29Br2NO3/c1-42-31-19-17-30(18-20-31)40-35(24-13-15-28(38)16-14-24)37(36(41)27-9-6-10-29(39)22-27)43-23-34-32-11-4-2-7-25(32)21-26-8-3-5-12-33(26)34/h2-22,35,37,40H,23H2,1H3/t35-,37+/m1/s1. The molecule has 0 aliphatic rings. The Morgan fingerprint density at radius 3 is 2.00 bits per heavy atom. The van der Waals surface area contributed by atoms with Crippen molar-refractivity contribution in [3.63, 3.8) is 0 Å². The predicted octanol–water partition coefficient (Wildman–Crippen LogP) is 10.1. The van der Waals surface area contributed by atoms with Gasteiger partial charge in [-0.2, -0.15) is 0 Å². The lowest BCUT2D eigenvalue weighted by molar-refractivity contribution is 0.0267. The average molecular weight is 695 g/mol. The Morgan fingerprint density at radius 2 is 1.37 bits per heavy atom. The number of carbonyl (C=O) groups excluding carboxylic acids is 1. The van der Waals surface area contributed by atoms with Crippen molar-refractivity contribution in [2.24, 2.45) is 0 Å². The van der Waals surface area contributed by atoms with Gasteiger partial charge >= 0.3 is 0 Å². The minimum Gasteiger partial charge on any atom is -0.497 e. The molecule has 0 aliphatic carbocycles. The highest BCUT2D eigenvalue weighted by molar-refractivity contribution is 9.10. The second-order valence-electron chi connectivity index (χ2n) is 10.3. The third-order valence-electron chi connectivity index (χ3n) is 7.60. The second kappa shape index (κ2) is 13.1. The molecule has 0 saturated heterocycles. The van der Waals surface area contributed by atoms with E-state index in [2.05, 4.69) is 67.5 Å². The number of halogens is 2. The molecule has 6 aromatic carbocycles. The van der Waals surface area contributed by atoms with Crippen LogP contribution in [0.15, 0.2) is 136 Å². The number of hydrogen-bond donors (Lipinski definition) is 1. The normalized spacial score (nSPS) is 12.6. The number of ether oxygens (including phenoxy) is 2. The fourth-order valence-electron chi connectivity index (χ4n) is 5.44. The Balaban J connectivity index is 1.46. The molecule has 0 aromatic heterocycles. The van der Waals surface area contributed by atoms with Gasteiger partial charge in [0.15, 0.2) is 5.78 Å². The van der Waals surface area contributed by atoms with Crippen LogP contribution in [0.3, 0.4) is 0 Å². The van der Waals surface area contributed by atoms with Gasteiger partial charge < -0.3 is 14.8 Å². The van der Waals surface area contributed by atoms with Crippen molar-refractivity contribution in [2.75, 3.05) is 12.4 Å². The number of hydrogen-bond acceptors (Lipinski definition) is 4.